The zero-order chi connectivity index (χ0) is 20.7. The summed E-state index contributed by atoms with van der Waals surface area (Å²) in [6.07, 6.45) is 6.60. The molecule has 1 amide bonds. The molecule has 6 heteroatoms. The molecule has 0 radical (unpaired) electrons. The van der Waals surface area contributed by atoms with Crippen LogP contribution in [0.4, 0.5) is 4.39 Å². The fourth-order valence-electron chi connectivity index (χ4n) is 5.02. The van der Waals surface area contributed by atoms with Gasteiger partial charge in [-0.05, 0) is 67.3 Å². The number of carbonyl (C=O) groups excluding carboxylic acids is 1. The van der Waals surface area contributed by atoms with Gasteiger partial charge in [0, 0.05) is 30.8 Å². The van der Waals surface area contributed by atoms with Crippen LogP contribution in [0.2, 0.25) is 0 Å². The summed E-state index contributed by atoms with van der Waals surface area (Å²) >= 11 is 0. The number of piperidine rings is 1. The smallest absolute Gasteiger partial charge is 0.250 e. The van der Waals surface area contributed by atoms with Gasteiger partial charge in [0.1, 0.15) is 12.4 Å². The minimum absolute atomic E-state index is 0.0198. The van der Waals surface area contributed by atoms with E-state index in [1.165, 1.54) is 29.5 Å². The zero-order valence-corrected chi connectivity index (χ0v) is 17.1. The molecule has 2 fully saturated rings. The van der Waals surface area contributed by atoms with E-state index in [4.69, 9.17) is 4.74 Å². The Kier molecular flexibility index (Phi) is 4.97. The standard InChI is InChI=1S/C24H27FN2O3/c25-18-6-7-19-20(13-18)24(14-21(19)30-16-17-4-5-17)8-11-26(12-9-24)23(29)15-27-10-2-1-3-22(27)28/h1-3,6-7,10,13,17,21H,4-5,8-9,11-12,14-16H2. The zero-order valence-electron chi connectivity index (χ0n) is 17.1. The van der Waals surface area contributed by atoms with E-state index in [0.717, 1.165) is 37.0 Å². The fraction of sp³-hybridized carbons (Fsp3) is 0.500. The van der Waals surface area contributed by atoms with Gasteiger partial charge < -0.3 is 14.2 Å². The predicted molar refractivity (Wildman–Crippen MR) is 111 cm³/mol. The number of halogens is 1. The van der Waals surface area contributed by atoms with Crippen molar-refractivity contribution in [2.75, 3.05) is 19.7 Å². The lowest BCUT2D eigenvalue weighted by Gasteiger charge is -2.40. The minimum Gasteiger partial charge on any atom is -0.373 e. The van der Waals surface area contributed by atoms with Crippen molar-refractivity contribution in [2.24, 2.45) is 5.92 Å². The second kappa shape index (κ2) is 7.65. The van der Waals surface area contributed by atoms with E-state index in [1.54, 1.807) is 24.4 Å². The Hall–Kier alpha value is -2.47. The summed E-state index contributed by atoms with van der Waals surface area (Å²) in [6, 6.07) is 9.98. The molecule has 5 rings (SSSR count). The Morgan fingerprint density at radius 3 is 2.70 bits per heavy atom. The number of pyridine rings is 1. The Bertz CT molecular complexity index is 1010. The third-order valence-corrected chi connectivity index (χ3v) is 7.02. The van der Waals surface area contributed by atoms with Crippen LogP contribution in [0, 0.1) is 11.7 Å². The molecule has 2 aromatic rings. The van der Waals surface area contributed by atoms with Gasteiger partial charge in [0.05, 0.1) is 12.7 Å². The highest BCUT2D eigenvalue weighted by molar-refractivity contribution is 5.76. The van der Waals surface area contributed by atoms with Crippen molar-refractivity contribution in [3.8, 4) is 0 Å². The summed E-state index contributed by atoms with van der Waals surface area (Å²) in [5.41, 5.74) is 1.88. The minimum atomic E-state index is -0.210. The maximum absolute atomic E-state index is 14.1. The van der Waals surface area contributed by atoms with E-state index in [2.05, 4.69) is 0 Å². The van der Waals surface area contributed by atoms with Gasteiger partial charge in [-0.1, -0.05) is 12.1 Å². The van der Waals surface area contributed by atoms with Gasteiger partial charge in [-0.2, -0.15) is 0 Å². The lowest BCUT2D eigenvalue weighted by molar-refractivity contribution is -0.133. The molecule has 1 saturated heterocycles. The molecule has 2 heterocycles. The number of carbonyl (C=O) groups is 1. The number of rotatable bonds is 5. The van der Waals surface area contributed by atoms with Gasteiger partial charge in [0.25, 0.3) is 5.56 Å². The average molecular weight is 410 g/mol. The summed E-state index contributed by atoms with van der Waals surface area (Å²) in [7, 11) is 0. The monoisotopic (exact) mass is 410 g/mol. The highest BCUT2D eigenvalue weighted by Crippen LogP contribution is 2.52. The van der Waals surface area contributed by atoms with Crippen LogP contribution >= 0.6 is 0 Å². The maximum Gasteiger partial charge on any atom is 0.250 e. The maximum atomic E-state index is 14.1. The van der Waals surface area contributed by atoms with E-state index in [1.807, 2.05) is 11.0 Å². The van der Waals surface area contributed by atoms with Crippen molar-refractivity contribution in [1.29, 1.82) is 0 Å². The Morgan fingerprint density at radius 2 is 1.97 bits per heavy atom. The highest BCUT2D eigenvalue weighted by Gasteiger charge is 2.47. The quantitative estimate of drug-likeness (QED) is 0.759. The van der Waals surface area contributed by atoms with E-state index in [0.29, 0.717) is 19.0 Å². The molecule has 3 aliphatic rings. The van der Waals surface area contributed by atoms with Gasteiger partial charge in [-0.15, -0.1) is 0 Å². The molecule has 158 valence electrons. The van der Waals surface area contributed by atoms with Gasteiger partial charge in [0.2, 0.25) is 5.91 Å². The van der Waals surface area contributed by atoms with Crippen LogP contribution in [-0.2, 0) is 21.5 Å². The molecule has 1 spiro atoms. The summed E-state index contributed by atoms with van der Waals surface area (Å²) in [6.45, 7) is 2.08. The molecule has 1 aromatic heterocycles. The first-order valence-corrected chi connectivity index (χ1v) is 10.9. The molecular weight excluding hydrogens is 383 g/mol. The number of likely N-dealkylation sites (tertiary alicyclic amines) is 1. The van der Waals surface area contributed by atoms with E-state index in [9.17, 15) is 14.0 Å². The average Bonchev–Trinajstić information content (AvgIpc) is 3.53. The van der Waals surface area contributed by atoms with Crippen molar-refractivity contribution < 1.29 is 13.9 Å². The van der Waals surface area contributed by atoms with Gasteiger partial charge in [-0.3, -0.25) is 9.59 Å². The highest BCUT2D eigenvalue weighted by atomic mass is 19.1. The number of ether oxygens (including phenoxy) is 1. The molecule has 1 aromatic carbocycles. The molecule has 1 unspecified atom stereocenters. The Balaban J connectivity index is 1.29. The molecule has 30 heavy (non-hydrogen) atoms. The van der Waals surface area contributed by atoms with Gasteiger partial charge >= 0.3 is 0 Å². The number of hydrogen-bond donors (Lipinski definition) is 0. The molecule has 1 aliphatic heterocycles. The second-order valence-corrected chi connectivity index (χ2v) is 9.03. The lowest BCUT2D eigenvalue weighted by atomic mass is 9.73. The first-order valence-electron chi connectivity index (χ1n) is 10.9. The lowest BCUT2D eigenvalue weighted by Crippen LogP contribution is -2.46. The topological polar surface area (TPSA) is 51.5 Å². The first-order chi connectivity index (χ1) is 14.5. The normalized spacial score (nSPS) is 22.3. The summed E-state index contributed by atoms with van der Waals surface area (Å²) in [5, 5.41) is 0. The first kappa shape index (κ1) is 19.5. The number of hydrogen-bond acceptors (Lipinski definition) is 3. The molecule has 0 N–H and O–H groups in total. The second-order valence-electron chi connectivity index (χ2n) is 9.03. The van der Waals surface area contributed by atoms with Crippen LogP contribution in [0.5, 0.6) is 0 Å². The van der Waals surface area contributed by atoms with Crippen molar-refractivity contribution in [3.05, 3.63) is 69.9 Å². The molecule has 0 bridgehead atoms. The molecule has 1 saturated carbocycles. The van der Waals surface area contributed by atoms with Crippen molar-refractivity contribution >= 4 is 5.91 Å². The predicted octanol–water partition coefficient (Wildman–Crippen LogP) is 3.42. The number of amides is 1. The number of aromatic nitrogens is 1. The molecular formula is C24H27FN2O3. The third-order valence-electron chi connectivity index (χ3n) is 7.02. The van der Waals surface area contributed by atoms with Crippen LogP contribution in [0.1, 0.15) is 49.3 Å². The number of benzene rings is 1. The summed E-state index contributed by atoms with van der Waals surface area (Å²) in [5.74, 6) is 0.432. The van der Waals surface area contributed by atoms with Crippen molar-refractivity contribution in [1.82, 2.24) is 9.47 Å². The number of fused-ring (bicyclic) bond motifs is 2. The Labute approximate surface area is 175 Å². The fourth-order valence-corrected chi connectivity index (χ4v) is 5.02. The Morgan fingerprint density at radius 1 is 1.17 bits per heavy atom. The summed E-state index contributed by atoms with van der Waals surface area (Å²) in [4.78, 5) is 26.5. The molecule has 5 nitrogen and oxygen atoms in total. The van der Waals surface area contributed by atoms with Crippen LogP contribution < -0.4 is 5.56 Å². The molecule has 1 atom stereocenters. The van der Waals surface area contributed by atoms with Crippen LogP contribution in [0.25, 0.3) is 0 Å². The number of nitrogens with zero attached hydrogens (tertiary/aromatic N) is 2. The van der Waals surface area contributed by atoms with Gasteiger partial charge in [0.15, 0.2) is 0 Å². The SMILES string of the molecule is O=C(Cn1ccccc1=O)N1CCC2(CC1)CC(OCC1CC1)c1ccc(F)cc12. The van der Waals surface area contributed by atoms with Crippen molar-refractivity contribution in [2.45, 2.75) is 50.2 Å². The van der Waals surface area contributed by atoms with E-state index in [-0.39, 0.29) is 35.3 Å². The van der Waals surface area contributed by atoms with Crippen LogP contribution in [0.3, 0.4) is 0 Å². The molecule has 2 aliphatic carbocycles. The van der Waals surface area contributed by atoms with Crippen LogP contribution in [0.15, 0.2) is 47.4 Å². The third kappa shape index (κ3) is 3.69. The largest absolute Gasteiger partial charge is 0.373 e. The van der Waals surface area contributed by atoms with E-state index >= 15 is 0 Å². The van der Waals surface area contributed by atoms with Gasteiger partial charge in [-0.25, -0.2) is 4.39 Å². The van der Waals surface area contributed by atoms with Crippen LogP contribution in [-0.4, -0.2) is 35.1 Å². The summed E-state index contributed by atoms with van der Waals surface area (Å²) < 4.78 is 21.8. The van der Waals surface area contributed by atoms with E-state index < -0.39 is 0 Å². The van der Waals surface area contributed by atoms with Crippen molar-refractivity contribution in [3.63, 3.8) is 0 Å².